The van der Waals surface area contributed by atoms with Gasteiger partial charge in [-0.25, -0.2) is 0 Å². The Morgan fingerprint density at radius 1 is 1.33 bits per heavy atom. The predicted octanol–water partition coefficient (Wildman–Crippen LogP) is 2.84. The first-order valence-corrected chi connectivity index (χ1v) is 5.05. The molecular formula is C10H22ClN. The summed E-state index contributed by atoms with van der Waals surface area (Å²) in [6.07, 6.45) is 5.58. The van der Waals surface area contributed by atoms with Crippen molar-refractivity contribution < 1.29 is 0 Å². The highest BCUT2D eigenvalue weighted by Crippen LogP contribution is 2.24. The van der Waals surface area contributed by atoms with Crippen LogP contribution in [0.5, 0.6) is 0 Å². The SMILES string of the molecule is CCCC(C)C1CCNCC1.Cl. The van der Waals surface area contributed by atoms with Gasteiger partial charge >= 0.3 is 0 Å². The van der Waals surface area contributed by atoms with Crippen LogP contribution in [0.1, 0.15) is 39.5 Å². The molecule has 0 aromatic heterocycles. The van der Waals surface area contributed by atoms with E-state index in [1.54, 1.807) is 0 Å². The molecule has 0 radical (unpaired) electrons. The van der Waals surface area contributed by atoms with Gasteiger partial charge < -0.3 is 5.32 Å². The molecule has 0 aromatic rings. The maximum atomic E-state index is 3.41. The van der Waals surface area contributed by atoms with Crippen molar-refractivity contribution in [3.8, 4) is 0 Å². The van der Waals surface area contributed by atoms with Gasteiger partial charge in [-0.1, -0.05) is 26.7 Å². The van der Waals surface area contributed by atoms with Crippen molar-refractivity contribution in [1.29, 1.82) is 0 Å². The van der Waals surface area contributed by atoms with Crippen molar-refractivity contribution in [2.45, 2.75) is 39.5 Å². The first kappa shape index (κ1) is 12.2. The van der Waals surface area contributed by atoms with Crippen molar-refractivity contribution >= 4 is 12.4 Å². The average Bonchev–Trinajstić information content (AvgIpc) is 2.07. The molecule has 1 N–H and O–H groups in total. The standard InChI is InChI=1S/C10H21N.ClH/c1-3-4-9(2)10-5-7-11-8-6-10;/h9-11H,3-8H2,1-2H3;1H. The molecule has 2 heteroatoms. The van der Waals surface area contributed by atoms with E-state index in [4.69, 9.17) is 0 Å². The first-order valence-electron chi connectivity index (χ1n) is 5.05. The zero-order chi connectivity index (χ0) is 8.10. The van der Waals surface area contributed by atoms with E-state index >= 15 is 0 Å². The van der Waals surface area contributed by atoms with Crippen LogP contribution in [0.4, 0.5) is 0 Å². The molecule has 0 saturated carbocycles. The normalized spacial score (nSPS) is 21.5. The first-order chi connectivity index (χ1) is 5.34. The number of halogens is 1. The second kappa shape index (κ2) is 6.73. The van der Waals surface area contributed by atoms with E-state index in [1.165, 1.54) is 38.8 Å². The Morgan fingerprint density at radius 3 is 2.42 bits per heavy atom. The molecule has 0 aromatic carbocycles. The van der Waals surface area contributed by atoms with Crippen molar-refractivity contribution in [2.75, 3.05) is 13.1 Å². The highest BCUT2D eigenvalue weighted by molar-refractivity contribution is 5.85. The van der Waals surface area contributed by atoms with E-state index < -0.39 is 0 Å². The van der Waals surface area contributed by atoms with Crippen molar-refractivity contribution in [2.24, 2.45) is 11.8 Å². The highest BCUT2D eigenvalue weighted by Gasteiger charge is 2.18. The lowest BCUT2D eigenvalue weighted by molar-refractivity contribution is 0.262. The summed E-state index contributed by atoms with van der Waals surface area (Å²) in [5, 5.41) is 3.41. The van der Waals surface area contributed by atoms with E-state index in [-0.39, 0.29) is 12.4 Å². The third-order valence-corrected chi connectivity index (χ3v) is 2.93. The Morgan fingerprint density at radius 2 is 1.92 bits per heavy atom. The van der Waals surface area contributed by atoms with E-state index in [0.29, 0.717) is 0 Å². The predicted molar refractivity (Wildman–Crippen MR) is 56.9 cm³/mol. The minimum Gasteiger partial charge on any atom is -0.317 e. The Bertz CT molecular complexity index is 100. The Kier molecular flexibility index (Phi) is 6.87. The largest absolute Gasteiger partial charge is 0.317 e. The molecule has 1 saturated heterocycles. The van der Waals surface area contributed by atoms with Gasteiger partial charge in [0.1, 0.15) is 0 Å². The van der Waals surface area contributed by atoms with Crippen LogP contribution in [0.3, 0.4) is 0 Å². The monoisotopic (exact) mass is 191 g/mol. The average molecular weight is 192 g/mol. The van der Waals surface area contributed by atoms with Crippen LogP contribution in [-0.2, 0) is 0 Å². The van der Waals surface area contributed by atoms with E-state index in [2.05, 4.69) is 19.2 Å². The molecule has 1 heterocycles. The Labute approximate surface area is 82.7 Å². The van der Waals surface area contributed by atoms with Gasteiger partial charge in [0, 0.05) is 0 Å². The lowest BCUT2D eigenvalue weighted by Gasteiger charge is -2.27. The molecule has 1 aliphatic rings. The minimum atomic E-state index is 0. The smallest absolute Gasteiger partial charge is 0.00462 e. The zero-order valence-corrected chi connectivity index (χ0v) is 9.12. The molecule has 74 valence electrons. The maximum Gasteiger partial charge on any atom is -0.00462 e. The number of hydrogen-bond acceptors (Lipinski definition) is 1. The van der Waals surface area contributed by atoms with Crippen LogP contribution >= 0.6 is 12.4 Å². The summed E-state index contributed by atoms with van der Waals surface area (Å²) in [5.41, 5.74) is 0. The molecule has 1 fully saturated rings. The van der Waals surface area contributed by atoms with E-state index in [1.807, 2.05) is 0 Å². The Hall–Kier alpha value is 0.250. The van der Waals surface area contributed by atoms with Crippen molar-refractivity contribution in [3.63, 3.8) is 0 Å². The summed E-state index contributed by atoms with van der Waals surface area (Å²) in [6.45, 7) is 7.20. The van der Waals surface area contributed by atoms with Crippen LogP contribution in [-0.4, -0.2) is 13.1 Å². The van der Waals surface area contributed by atoms with Gasteiger partial charge in [0.25, 0.3) is 0 Å². The minimum absolute atomic E-state index is 0. The molecule has 1 unspecified atom stereocenters. The molecule has 0 aliphatic carbocycles. The van der Waals surface area contributed by atoms with Crippen LogP contribution in [0.15, 0.2) is 0 Å². The summed E-state index contributed by atoms with van der Waals surface area (Å²) in [7, 11) is 0. The van der Waals surface area contributed by atoms with Gasteiger partial charge in [0.15, 0.2) is 0 Å². The number of nitrogens with one attached hydrogen (secondary N) is 1. The third kappa shape index (κ3) is 3.77. The Balaban J connectivity index is 0.00000121. The fourth-order valence-corrected chi connectivity index (χ4v) is 2.10. The summed E-state index contributed by atoms with van der Waals surface area (Å²) < 4.78 is 0. The van der Waals surface area contributed by atoms with Crippen LogP contribution in [0, 0.1) is 11.8 Å². The quantitative estimate of drug-likeness (QED) is 0.724. The molecule has 1 rings (SSSR count). The fourth-order valence-electron chi connectivity index (χ4n) is 2.10. The summed E-state index contributed by atoms with van der Waals surface area (Å²) >= 11 is 0. The number of rotatable bonds is 3. The van der Waals surface area contributed by atoms with Gasteiger partial charge in [-0.05, 0) is 37.8 Å². The molecule has 12 heavy (non-hydrogen) atoms. The van der Waals surface area contributed by atoms with Gasteiger partial charge in [0.05, 0.1) is 0 Å². The third-order valence-electron chi connectivity index (χ3n) is 2.93. The second-order valence-electron chi connectivity index (χ2n) is 3.85. The molecule has 1 aliphatic heterocycles. The van der Waals surface area contributed by atoms with E-state index in [0.717, 1.165) is 11.8 Å². The highest BCUT2D eigenvalue weighted by atomic mass is 35.5. The van der Waals surface area contributed by atoms with E-state index in [9.17, 15) is 0 Å². The van der Waals surface area contributed by atoms with Gasteiger partial charge in [-0.15, -0.1) is 12.4 Å². The number of piperidine rings is 1. The fraction of sp³-hybridized carbons (Fsp3) is 1.00. The van der Waals surface area contributed by atoms with Crippen molar-refractivity contribution in [1.82, 2.24) is 5.32 Å². The van der Waals surface area contributed by atoms with Crippen LogP contribution < -0.4 is 5.32 Å². The topological polar surface area (TPSA) is 12.0 Å². The lowest BCUT2D eigenvalue weighted by Crippen LogP contribution is -2.30. The maximum absolute atomic E-state index is 3.41. The van der Waals surface area contributed by atoms with Gasteiger partial charge in [0.2, 0.25) is 0 Å². The summed E-state index contributed by atoms with van der Waals surface area (Å²) in [6, 6.07) is 0. The molecule has 0 amide bonds. The summed E-state index contributed by atoms with van der Waals surface area (Å²) in [5.74, 6) is 1.97. The van der Waals surface area contributed by atoms with Gasteiger partial charge in [-0.3, -0.25) is 0 Å². The van der Waals surface area contributed by atoms with Crippen LogP contribution in [0.2, 0.25) is 0 Å². The van der Waals surface area contributed by atoms with Crippen LogP contribution in [0.25, 0.3) is 0 Å². The number of hydrogen-bond donors (Lipinski definition) is 1. The second-order valence-corrected chi connectivity index (χ2v) is 3.85. The summed E-state index contributed by atoms with van der Waals surface area (Å²) in [4.78, 5) is 0. The molecule has 0 spiro atoms. The molecule has 1 nitrogen and oxygen atoms in total. The lowest BCUT2D eigenvalue weighted by atomic mass is 9.84. The molecule has 0 bridgehead atoms. The zero-order valence-electron chi connectivity index (χ0n) is 8.31. The van der Waals surface area contributed by atoms with Crippen molar-refractivity contribution in [3.05, 3.63) is 0 Å². The molecule has 1 atom stereocenters. The van der Waals surface area contributed by atoms with Gasteiger partial charge in [-0.2, -0.15) is 0 Å². The molecular weight excluding hydrogens is 170 g/mol.